The number of rotatable bonds is 7. The largest absolute Gasteiger partial charge is 0.444 e. The topological polar surface area (TPSA) is 101 Å². The lowest BCUT2D eigenvalue weighted by atomic mass is 10.0. The second-order valence-corrected chi connectivity index (χ2v) is 9.43. The van der Waals surface area contributed by atoms with E-state index in [1.807, 2.05) is 66.3 Å². The van der Waals surface area contributed by atoms with Crippen molar-refractivity contribution in [1.29, 1.82) is 0 Å². The first kappa shape index (κ1) is 23.4. The third-order valence-corrected chi connectivity index (χ3v) is 5.51. The van der Waals surface area contributed by atoms with Gasteiger partial charge < -0.3 is 24.9 Å². The van der Waals surface area contributed by atoms with Gasteiger partial charge in [0, 0.05) is 43.5 Å². The number of alkyl carbamates (subject to hydrolysis) is 1. The third kappa shape index (κ3) is 5.57. The van der Waals surface area contributed by atoms with Crippen LogP contribution in [0.3, 0.4) is 0 Å². The van der Waals surface area contributed by atoms with Gasteiger partial charge >= 0.3 is 6.09 Å². The van der Waals surface area contributed by atoms with Gasteiger partial charge in [0.25, 0.3) is 0 Å². The quantitative estimate of drug-likeness (QED) is 0.389. The molecule has 0 saturated carbocycles. The lowest BCUT2D eigenvalue weighted by Gasteiger charge is -2.23. The molecule has 0 aliphatic heterocycles. The predicted octanol–water partition coefficient (Wildman–Crippen LogP) is 3.85. The smallest absolute Gasteiger partial charge is 0.408 e. The molecule has 2 amide bonds. The van der Waals surface area contributed by atoms with E-state index in [4.69, 9.17) is 4.74 Å². The number of benzene rings is 2. The van der Waals surface area contributed by atoms with Gasteiger partial charge in [-0.3, -0.25) is 4.79 Å². The standard InChI is InChI=1S/C26H31N5O3/c1-26(2,3)34-25(33)30-21(15-17-16-31(4)22-12-8-5-9-18(17)22)24(32)27-14-13-23-28-19-10-6-7-11-20(19)29-23/h5-12,16,21H,13-15H2,1-4H3,(H,27,32)(H,28,29)(H,30,33)/t21-/m0/s1. The van der Waals surface area contributed by atoms with Gasteiger partial charge in [-0.25, -0.2) is 9.78 Å². The molecule has 2 heterocycles. The van der Waals surface area contributed by atoms with E-state index < -0.39 is 17.7 Å². The van der Waals surface area contributed by atoms with Gasteiger partial charge in [-0.05, 0) is 44.5 Å². The highest BCUT2D eigenvalue weighted by Gasteiger charge is 2.25. The summed E-state index contributed by atoms with van der Waals surface area (Å²) in [5.74, 6) is 0.530. The van der Waals surface area contributed by atoms with E-state index in [9.17, 15) is 9.59 Å². The van der Waals surface area contributed by atoms with Crippen LogP contribution in [0.4, 0.5) is 4.79 Å². The monoisotopic (exact) mass is 461 g/mol. The number of amides is 2. The Morgan fingerprint density at radius 1 is 1.12 bits per heavy atom. The normalized spacial score (nSPS) is 12.6. The molecule has 178 valence electrons. The third-order valence-electron chi connectivity index (χ3n) is 5.51. The van der Waals surface area contributed by atoms with Crippen LogP contribution < -0.4 is 10.6 Å². The van der Waals surface area contributed by atoms with Crippen LogP contribution in [0.1, 0.15) is 32.2 Å². The molecule has 0 fully saturated rings. The molecule has 0 saturated heterocycles. The summed E-state index contributed by atoms with van der Waals surface area (Å²) >= 11 is 0. The van der Waals surface area contributed by atoms with Gasteiger partial charge in [-0.2, -0.15) is 0 Å². The summed E-state index contributed by atoms with van der Waals surface area (Å²) in [6.45, 7) is 5.76. The lowest BCUT2D eigenvalue weighted by Crippen LogP contribution is -2.49. The molecule has 8 nitrogen and oxygen atoms in total. The Kier molecular flexibility index (Phi) is 6.58. The van der Waals surface area contributed by atoms with Crippen LogP contribution in [-0.4, -0.2) is 44.7 Å². The summed E-state index contributed by atoms with van der Waals surface area (Å²) < 4.78 is 7.43. The summed E-state index contributed by atoms with van der Waals surface area (Å²) in [6.07, 6.45) is 2.27. The SMILES string of the molecule is Cn1cc(C[C@H](NC(=O)OC(C)(C)C)C(=O)NCCc2nc3ccccc3[nH]2)c2ccccc21. The van der Waals surface area contributed by atoms with E-state index in [1.165, 1.54) is 0 Å². The minimum atomic E-state index is -0.781. The molecule has 34 heavy (non-hydrogen) atoms. The fourth-order valence-corrected chi connectivity index (χ4v) is 4.02. The minimum Gasteiger partial charge on any atom is -0.444 e. The van der Waals surface area contributed by atoms with Crippen LogP contribution in [0.5, 0.6) is 0 Å². The zero-order valence-electron chi connectivity index (χ0n) is 20.0. The van der Waals surface area contributed by atoms with Gasteiger partial charge in [0.1, 0.15) is 17.5 Å². The second-order valence-electron chi connectivity index (χ2n) is 9.43. The molecule has 0 radical (unpaired) electrons. The van der Waals surface area contributed by atoms with Gasteiger partial charge in [-0.15, -0.1) is 0 Å². The number of imidazole rings is 1. The van der Waals surface area contributed by atoms with E-state index in [0.717, 1.165) is 33.3 Å². The van der Waals surface area contributed by atoms with Crippen molar-refractivity contribution in [2.75, 3.05) is 6.54 Å². The summed E-state index contributed by atoms with van der Waals surface area (Å²) in [6, 6.07) is 15.0. The van der Waals surface area contributed by atoms with Crippen molar-refractivity contribution in [3.05, 3.63) is 66.1 Å². The molecule has 8 heteroatoms. The molecule has 1 atom stereocenters. The van der Waals surface area contributed by atoms with Crippen molar-refractivity contribution in [2.24, 2.45) is 7.05 Å². The molecule has 0 unspecified atom stereocenters. The van der Waals surface area contributed by atoms with Gasteiger partial charge in [0.2, 0.25) is 5.91 Å². The van der Waals surface area contributed by atoms with Crippen LogP contribution in [0.25, 0.3) is 21.9 Å². The zero-order valence-corrected chi connectivity index (χ0v) is 20.0. The molecule has 3 N–H and O–H groups in total. The van der Waals surface area contributed by atoms with Crippen molar-refractivity contribution < 1.29 is 14.3 Å². The fourth-order valence-electron chi connectivity index (χ4n) is 4.02. The van der Waals surface area contributed by atoms with Gasteiger partial charge in [-0.1, -0.05) is 30.3 Å². The molecule has 4 aromatic rings. The first-order valence-corrected chi connectivity index (χ1v) is 11.4. The minimum absolute atomic E-state index is 0.269. The first-order valence-electron chi connectivity index (χ1n) is 11.4. The number of aromatic amines is 1. The number of nitrogens with one attached hydrogen (secondary N) is 3. The maximum atomic E-state index is 13.1. The van der Waals surface area contributed by atoms with E-state index in [-0.39, 0.29) is 5.91 Å². The first-order chi connectivity index (χ1) is 16.2. The molecule has 0 spiro atoms. The van der Waals surface area contributed by atoms with Crippen LogP contribution in [0, 0.1) is 0 Å². The number of aromatic nitrogens is 3. The number of hydrogen-bond donors (Lipinski definition) is 3. The van der Waals surface area contributed by atoms with Crippen molar-refractivity contribution in [3.8, 4) is 0 Å². The van der Waals surface area contributed by atoms with E-state index >= 15 is 0 Å². The number of hydrogen-bond acceptors (Lipinski definition) is 4. The molecule has 2 aromatic carbocycles. The number of nitrogens with zero attached hydrogens (tertiary/aromatic N) is 2. The highest BCUT2D eigenvalue weighted by Crippen LogP contribution is 2.22. The van der Waals surface area contributed by atoms with Crippen molar-refractivity contribution in [3.63, 3.8) is 0 Å². The fraction of sp³-hybridized carbons (Fsp3) is 0.346. The van der Waals surface area contributed by atoms with E-state index in [2.05, 4.69) is 20.6 Å². The number of H-pyrrole nitrogens is 1. The average Bonchev–Trinajstić information content (AvgIpc) is 3.32. The van der Waals surface area contributed by atoms with Crippen LogP contribution in [0.15, 0.2) is 54.7 Å². The lowest BCUT2D eigenvalue weighted by molar-refractivity contribution is -0.123. The van der Waals surface area contributed by atoms with E-state index in [1.54, 1.807) is 20.8 Å². The number of para-hydroxylation sites is 3. The number of carbonyl (C=O) groups is 2. The predicted molar refractivity (Wildman–Crippen MR) is 133 cm³/mol. The molecule has 0 aliphatic carbocycles. The molecule has 2 aromatic heterocycles. The Balaban J connectivity index is 1.46. The summed E-state index contributed by atoms with van der Waals surface area (Å²) in [7, 11) is 1.97. The molecular formula is C26H31N5O3. The molecule has 0 aliphatic rings. The molecule has 4 rings (SSSR count). The maximum absolute atomic E-state index is 13.1. The highest BCUT2D eigenvalue weighted by molar-refractivity contribution is 5.88. The Bertz CT molecular complexity index is 1280. The van der Waals surface area contributed by atoms with Crippen LogP contribution in [0.2, 0.25) is 0 Å². The van der Waals surface area contributed by atoms with Crippen molar-refractivity contribution in [1.82, 2.24) is 25.2 Å². The van der Waals surface area contributed by atoms with Crippen molar-refractivity contribution in [2.45, 2.75) is 45.3 Å². The average molecular weight is 462 g/mol. The summed E-state index contributed by atoms with van der Waals surface area (Å²) in [5.41, 5.74) is 3.24. The molecule has 0 bridgehead atoms. The number of carbonyl (C=O) groups excluding carboxylic acids is 2. The Labute approximate surface area is 198 Å². The molecular weight excluding hydrogens is 430 g/mol. The number of fused-ring (bicyclic) bond motifs is 2. The van der Waals surface area contributed by atoms with Gasteiger partial charge in [0.05, 0.1) is 11.0 Å². The zero-order chi connectivity index (χ0) is 24.3. The van der Waals surface area contributed by atoms with Gasteiger partial charge in [0.15, 0.2) is 0 Å². The Morgan fingerprint density at radius 2 is 1.85 bits per heavy atom. The highest BCUT2D eigenvalue weighted by atomic mass is 16.6. The number of aryl methyl sites for hydroxylation is 1. The second kappa shape index (κ2) is 9.59. The van der Waals surface area contributed by atoms with Crippen molar-refractivity contribution >= 4 is 33.9 Å². The van der Waals surface area contributed by atoms with E-state index in [0.29, 0.717) is 19.4 Å². The van der Waals surface area contributed by atoms with Crippen LogP contribution >= 0.6 is 0 Å². The number of ether oxygens (including phenoxy) is 1. The summed E-state index contributed by atoms with van der Waals surface area (Å²) in [5, 5.41) is 6.75. The Morgan fingerprint density at radius 3 is 2.62 bits per heavy atom. The summed E-state index contributed by atoms with van der Waals surface area (Å²) in [4.78, 5) is 33.4. The maximum Gasteiger partial charge on any atom is 0.408 e. The van der Waals surface area contributed by atoms with Crippen LogP contribution in [-0.2, 0) is 29.4 Å². The Hall–Kier alpha value is -3.81.